The van der Waals surface area contributed by atoms with E-state index in [4.69, 9.17) is 5.11 Å². The first-order chi connectivity index (χ1) is 8.49. The lowest BCUT2D eigenvalue weighted by molar-refractivity contribution is -0.146. The van der Waals surface area contributed by atoms with E-state index in [9.17, 15) is 14.7 Å². The van der Waals surface area contributed by atoms with Crippen LogP contribution in [-0.4, -0.2) is 34.7 Å². The Morgan fingerprint density at radius 1 is 1.28 bits per heavy atom. The largest absolute Gasteiger partial charge is 0.481 e. The molecule has 0 spiro atoms. The summed E-state index contributed by atoms with van der Waals surface area (Å²) in [5.74, 6) is -1.82. The van der Waals surface area contributed by atoms with E-state index in [1.807, 2.05) is 13.8 Å². The molecule has 0 radical (unpaired) electrons. The highest BCUT2D eigenvalue weighted by molar-refractivity contribution is 5.85. The standard InChI is InChI=1S/C13H23NO4/c1-3-8-5-10(11(6-8)13(17)18)12(16)14-7-9(15)4-2/h8-11,15H,3-7H2,1-2H3,(H,14,16)(H,17,18). The number of rotatable bonds is 6. The number of aliphatic carboxylic acids is 1. The van der Waals surface area contributed by atoms with Crippen LogP contribution in [0.5, 0.6) is 0 Å². The summed E-state index contributed by atoms with van der Waals surface area (Å²) in [6, 6.07) is 0. The van der Waals surface area contributed by atoms with Crippen LogP contribution < -0.4 is 5.32 Å². The number of carboxylic acid groups (broad SMARTS) is 1. The summed E-state index contributed by atoms with van der Waals surface area (Å²) in [5.41, 5.74) is 0. The van der Waals surface area contributed by atoms with Gasteiger partial charge < -0.3 is 15.5 Å². The third kappa shape index (κ3) is 3.70. The van der Waals surface area contributed by atoms with Crippen molar-refractivity contribution in [2.24, 2.45) is 17.8 Å². The fourth-order valence-electron chi connectivity index (χ4n) is 2.53. The second-order valence-electron chi connectivity index (χ2n) is 5.10. The van der Waals surface area contributed by atoms with Crippen LogP contribution in [0.25, 0.3) is 0 Å². The van der Waals surface area contributed by atoms with Crippen molar-refractivity contribution in [3.8, 4) is 0 Å². The van der Waals surface area contributed by atoms with Gasteiger partial charge in [0.2, 0.25) is 5.91 Å². The van der Waals surface area contributed by atoms with Crippen LogP contribution in [0.1, 0.15) is 39.5 Å². The number of aliphatic hydroxyl groups is 1. The lowest BCUT2D eigenvalue weighted by Crippen LogP contribution is -2.39. The van der Waals surface area contributed by atoms with Gasteiger partial charge in [-0.1, -0.05) is 20.3 Å². The van der Waals surface area contributed by atoms with Crippen molar-refractivity contribution in [2.45, 2.75) is 45.6 Å². The van der Waals surface area contributed by atoms with Gasteiger partial charge in [-0.2, -0.15) is 0 Å². The van der Waals surface area contributed by atoms with Crippen LogP contribution >= 0.6 is 0 Å². The zero-order valence-electron chi connectivity index (χ0n) is 11.1. The van der Waals surface area contributed by atoms with E-state index >= 15 is 0 Å². The molecule has 4 atom stereocenters. The molecule has 5 nitrogen and oxygen atoms in total. The SMILES string of the molecule is CCC(O)CNC(=O)C1CC(CC)CC1C(=O)O. The lowest BCUT2D eigenvalue weighted by atomic mass is 9.95. The Bertz CT molecular complexity index is 305. The molecule has 18 heavy (non-hydrogen) atoms. The van der Waals surface area contributed by atoms with Crippen LogP contribution in [0.2, 0.25) is 0 Å². The molecule has 0 heterocycles. The first kappa shape index (κ1) is 15.0. The van der Waals surface area contributed by atoms with Crippen molar-refractivity contribution in [3.63, 3.8) is 0 Å². The van der Waals surface area contributed by atoms with E-state index in [2.05, 4.69) is 5.32 Å². The maximum atomic E-state index is 12.0. The fraction of sp³-hybridized carbons (Fsp3) is 0.846. The first-order valence-electron chi connectivity index (χ1n) is 6.68. The molecule has 0 aliphatic heterocycles. The molecule has 3 N–H and O–H groups in total. The minimum atomic E-state index is -0.887. The third-order valence-corrected chi connectivity index (χ3v) is 3.87. The van der Waals surface area contributed by atoms with Gasteiger partial charge in [-0.3, -0.25) is 9.59 Å². The van der Waals surface area contributed by atoms with E-state index < -0.39 is 23.9 Å². The van der Waals surface area contributed by atoms with E-state index in [-0.39, 0.29) is 12.5 Å². The van der Waals surface area contributed by atoms with Gasteiger partial charge in [-0.05, 0) is 25.2 Å². The van der Waals surface area contributed by atoms with Gasteiger partial charge in [-0.15, -0.1) is 0 Å². The first-order valence-corrected chi connectivity index (χ1v) is 6.68. The summed E-state index contributed by atoms with van der Waals surface area (Å²) >= 11 is 0. The number of carboxylic acids is 1. The smallest absolute Gasteiger partial charge is 0.307 e. The predicted octanol–water partition coefficient (Wildman–Crippen LogP) is 1.01. The number of amides is 1. The van der Waals surface area contributed by atoms with Crippen molar-refractivity contribution in [2.75, 3.05) is 6.54 Å². The van der Waals surface area contributed by atoms with Crippen molar-refractivity contribution < 1.29 is 19.8 Å². The Kier molecular flexibility index (Phi) is 5.59. The molecule has 0 aromatic rings. The number of carbonyl (C=O) groups excluding carboxylic acids is 1. The monoisotopic (exact) mass is 257 g/mol. The second-order valence-corrected chi connectivity index (χ2v) is 5.10. The molecule has 1 aliphatic carbocycles. The van der Waals surface area contributed by atoms with Crippen LogP contribution in [-0.2, 0) is 9.59 Å². The Morgan fingerprint density at radius 3 is 2.39 bits per heavy atom. The topological polar surface area (TPSA) is 86.6 Å². The summed E-state index contributed by atoms with van der Waals surface area (Å²) in [4.78, 5) is 23.1. The average molecular weight is 257 g/mol. The Morgan fingerprint density at radius 2 is 1.89 bits per heavy atom. The molecule has 1 saturated carbocycles. The van der Waals surface area contributed by atoms with Crippen LogP contribution in [0.15, 0.2) is 0 Å². The molecule has 0 aromatic carbocycles. The van der Waals surface area contributed by atoms with Crippen LogP contribution in [0, 0.1) is 17.8 Å². The van der Waals surface area contributed by atoms with E-state index in [1.54, 1.807) is 0 Å². The van der Waals surface area contributed by atoms with E-state index in [0.717, 1.165) is 6.42 Å². The summed E-state index contributed by atoms with van der Waals surface area (Å²) < 4.78 is 0. The number of carbonyl (C=O) groups is 2. The summed E-state index contributed by atoms with van der Waals surface area (Å²) in [5, 5.41) is 21.2. The molecule has 5 heteroatoms. The molecule has 0 bridgehead atoms. The lowest BCUT2D eigenvalue weighted by Gasteiger charge is -2.16. The van der Waals surface area contributed by atoms with Crippen molar-refractivity contribution in [1.82, 2.24) is 5.32 Å². The number of hydrogen-bond donors (Lipinski definition) is 3. The Balaban J connectivity index is 2.56. The highest BCUT2D eigenvalue weighted by Gasteiger charge is 2.41. The molecule has 0 aromatic heterocycles. The Hall–Kier alpha value is -1.10. The van der Waals surface area contributed by atoms with Crippen LogP contribution in [0.4, 0.5) is 0 Å². The zero-order valence-corrected chi connectivity index (χ0v) is 11.1. The normalized spacial score (nSPS) is 28.9. The van der Waals surface area contributed by atoms with Crippen molar-refractivity contribution >= 4 is 11.9 Å². The molecule has 1 fully saturated rings. The van der Waals surface area contributed by atoms with Crippen molar-refractivity contribution in [1.29, 1.82) is 0 Å². The van der Waals surface area contributed by atoms with Gasteiger partial charge in [0.15, 0.2) is 0 Å². The molecule has 1 aliphatic rings. The molecule has 1 rings (SSSR count). The number of aliphatic hydroxyl groups excluding tert-OH is 1. The van der Waals surface area contributed by atoms with Gasteiger partial charge in [0, 0.05) is 6.54 Å². The molecule has 104 valence electrons. The minimum absolute atomic E-state index is 0.203. The molecular formula is C13H23NO4. The van der Waals surface area contributed by atoms with Gasteiger partial charge in [0.1, 0.15) is 0 Å². The second kappa shape index (κ2) is 6.73. The highest BCUT2D eigenvalue weighted by atomic mass is 16.4. The fourth-order valence-corrected chi connectivity index (χ4v) is 2.53. The maximum absolute atomic E-state index is 12.0. The average Bonchev–Trinajstić information content (AvgIpc) is 2.79. The minimum Gasteiger partial charge on any atom is -0.481 e. The van der Waals surface area contributed by atoms with E-state index in [0.29, 0.717) is 25.2 Å². The summed E-state index contributed by atoms with van der Waals surface area (Å²) in [6.45, 7) is 4.05. The summed E-state index contributed by atoms with van der Waals surface area (Å²) in [6.07, 6.45) is 2.15. The molecule has 0 saturated heterocycles. The predicted molar refractivity (Wildman–Crippen MR) is 66.9 cm³/mol. The van der Waals surface area contributed by atoms with Crippen molar-refractivity contribution in [3.05, 3.63) is 0 Å². The number of nitrogens with one attached hydrogen (secondary N) is 1. The molecule has 4 unspecified atom stereocenters. The maximum Gasteiger partial charge on any atom is 0.307 e. The van der Waals surface area contributed by atoms with Crippen LogP contribution in [0.3, 0.4) is 0 Å². The van der Waals surface area contributed by atoms with Gasteiger partial charge in [0.05, 0.1) is 17.9 Å². The highest BCUT2D eigenvalue weighted by Crippen LogP contribution is 2.38. The quantitative estimate of drug-likeness (QED) is 0.663. The van der Waals surface area contributed by atoms with Gasteiger partial charge in [0.25, 0.3) is 0 Å². The third-order valence-electron chi connectivity index (χ3n) is 3.87. The number of hydrogen-bond acceptors (Lipinski definition) is 3. The molecular weight excluding hydrogens is 234 g/mol. The zero-order chi connectivity index (χ0) is 13.7. The summed E-state index contributed by atoms with van der Waals surface area (Å²) in [7, 11) is 0. The Labute approximate surface area is 108 Å². The molecule has 1 amide bonds. The van der Waals surface area contributed by atoms with Gasteiger partial charge >= 0.3 is 5.97 Å². The van der Waals surface area contributed by atoms with Gasteiger partial charge in [-0.25, -0.2) is 0 Å². The van der Waals surface area contributed by atoms with E-state index in [1.165, 1.54) is 0 Å².